The smallest absolute Gasteiger partial charge is 0.242 e. The third-order valence-electron chi connectivity index (χ3n) is 3.62. The summed E-state index contributed by atoms with van der Waals surface area (Å²) in [6.07, 6.45) is 1.14. The Bertz CT molecular complexity index is 987. The number of aromatic nitrogens is 2. The van der Waals surface area contributed by atoms with Crippen molar-refractivity contribution in [1.82, 2.24) is 14.4 Å². The van der Waals surface area contributed by atoms with Gasteiger partial charge in [0.2, 0.25) is 21.7 Å². The van der Waals surface area contributed by atoms with Crippen LogP contribution in [0.15, 0.2) is 53.1 Å². The van der Waals surface area contributed by atoms with E-state index >= 15 is 0 Å². The maximum absolute atomic E-state index is 12.1. The second-order valence-electron chi connectivity index (χ2n) is 5.68. The maximum atomic E-state index is 12.1. The third kappa shape index (κ3) is 4.82. The van der Waals surface area contributed by atoms with Crippen molar-refractivity contribution in [2.24, 2.45) is 0 Å². The van der Waals surface area contributed by atoms with Gasteiger partial charge < -0.3 is 4.52 Å². The van der Waals surface area contributed by atoms with Crippen molar-refractivity contribution in [2.45, 2.75) is 13.1 Å². The van der Waals surface area contributed by atoms with Crippen LogP contribution in [-0.4, -0.2) is 29.1 Å². The molecule has 3 rings (SSSR count). The van der Waals surface area contributed by atoms with E-state index in [0.29, 0.717) is 15.9 Å². The lowest BCUT2D eigenvalue weighted by molar-refractivity contribution is 0.313. The van der Waals surface area contributed by atoms with Crippen LogP contribution in [0, 0.1) is 0 Å². The molecule has 136 valence electrons. The molecule has 0 unspecified atom stereocenters. The molecule has 26 heavy (non-hydrogen) atoms. The molecule has 0 spiro atoms. The fraction of sp³-hybridized carbons (Fsp3) is 0.176. The molecule has 1 heterocycles. The van der Waals surface area contributed by atoms with Gasteiger partial charge >= 0.3 is 0 Å². The zero-order chi connectivity index (χ0) is 18.7. The van der Waals surface area contributed by atoms with Crippen molar-refractivity contribution in [1.29, 1.82) is 0 Å². The van der Waals surface area contributed by atoms with Gasteiger partial charge in [-0.1, -0.05) is 40.5 Å². The first-order chi connectivity index (χ1) is 12.3. The molecule has 0 N–H and O–H groups in total. The van der Waals surface area contributed by atoms with E-state index in [2.05, 4.69) is 10.1 Å². The van der Waals surface area contributed by atoms with Gasteiger partial charge in [0, 0.05) is 22.2 Å². The number of halogens is 2. The maximum Gasteiger partial charge on any atom is 0.242 e. The van der Waals surface area contributed by atoms with Crippen molar-refractivity contribution in [2.75, 3.05) is 6.26 Å². The molecule has 0 fully saturated rings. The van der Waals surface area contributed by atoms with Gasteiger partial charge in [-0.25, -0.2) is 8.42 Å². The number of rotatable bonds is 6. The van der Waals surface area contributed by atoms with Crippen LogP contribution in [0.25, 0.3) is 11.4 Å². The summed E-state index contributed by atoms with van der Waals surface area (Å²) >= 11 is 11.7. The molecule has 0 aliphatic heterocycles. The van der Waals surface area contributed by atoms with Gasteiger partial charge in [-0.2, -0.15) is 9.29 Å². The highest BCUT2D eigenvalue weighted by Gasteiger charge is 2.21. The van der Waals surface area contributed by atoms with Crippen LogP contribution in [0.3, 0.4) is 0 Å². The van der Waals surface area contributed by atoms with E-state index in [4.69, 9.17) is 27.7 Å². The van der Waals surface area contributed by atoms with Crippen molar-refractivity contribution >= 4 is 33.2 Å². The van der Waals surface area contributed by atoms with E-state index in [1.54, 1.807) is 48.5 Å². The molecule has 6 nitrogen and oxygen atoms in total. The minimum absolute atomic E-state index is 0.0257. The first kappa shape index (κ1) is 18.8. The van der Waals surface area contributed by atoms with E-state index in [1.807, 2.05) is 0 Å². The van der Waals surface area contributed by atoms with Crippen molar-refractivity contribution in [3.05, 3.63) is 70.0 Å². The molecule has 0 saturated heterocycles. The van der Waals surface area contributed by atoms with Crippen LogP contribution in [0.2, 0.25) is 10.0 Å². The zero-order valence-electron chi connectivity index (χ0n) is 13.8. The van der Waals surface area contributed by atoms with Crippen LogP contribution < -0.4 is 0 Å². The summed E-state index contributed by atoms with van der Waals surface area (Å²) in [5.74, 6) is 0.575. The van der Waals surface area contributed by atoms with Crippen LogP contribution >= 0.6 is 23.2 Å². The molecule has 0 aliphatic carbocycles. The van der Waals surface area contributed by atoms with Gasteiger partial charge in [0.05, 0.1) is 12.8 Å². The number of hydrogen-bond donors (Lipinski definition) is 0. The predicted octanol–water partition coefficient (Wildman–Crippen LogP) is 4.01. The number of hydrogen-bond acceptors (Lipinski definition) is 5. The zero-order valence-corrected chi connectivity index (χ0v) is 16.1. The summed E-state index contributed by atoms with van der Waals surface area (Å²) in [7, 11) is -3.48. The summed E-state index contributed by atoms with van der Waals surface area (Å²) < 4.78 is 30.7. The lowest BCUT2D eigenvalue weighted by atomic mass is 10.2. The Labute approximate surface area is 161 Å². The van der Waals surface area contributed by atoms with Gasteiger partial charge in [0.1, 0.15) is 0 Å². The molecule has 0 radical (unpaired) electrons. The summed E-state index contributed by atoms with van der Waals surface area (Å²) in [6, 6.07) is 13.9. The van der Waals surface area contributed by atoms with Gasteiger partial charge in [-0.3, -0.25) is 0 Å². The second kappa shape index (κ2) is 7.75. The minimum atomic E-state index is -3.48. The Kier molecular flexibility index (Phi) is 5.62. The first-order valence-electron chi connectivity index (χ1n) is 7.59. The molecule has 0 amide bonds. The Morgan fingerprint density at radius 3 is 2.12 bits per heavy atom. The van der Waals surface area contributed by atoms with Gasteiger partial charge in [-0.05, 0) is 42.0 Å². The van der Waals surface area contributed by atoms with Gasteiger partial charge in [0.15, 0.2) is 0 Å². The third-order valence-corrected chi connectivity index (χ3v) is 5.32. The van der Waals surface area contributed by atoms with Gasteiger partial charge in [-0.15, -0.1) is 0 Å². The molecular formula is C17H15Cl2N3O3S. The molecule has 1 aromatic heterocycles. The Morgan fingerprint density at radius 1 is 0.962 bits per heavy atom. The van der Waals surface area contributed by atoms with Crippen LogP contribution in [0.5, 0.6) is 0 Å². The highest BCUT2D eigenvalue weighted by atomic mass is 35.5. The Morgan fingerprint density at radius 2 is 1.54 bits per heavy atom. The van der Waals surface area contributed by atoms with Crippen molar-refractivity contribution in [3.63, 3.8) is 0 Å². The van der Waals surface area contributed by atoms with Crippen LogP contribution in [0.1, 0.15) is 11.5 Å². The fourth-order valence-electron chi connectivity index (χ4n) is 2.27. The molecule has 0 atom stereocenters. The number of sulfonamides is 1. The molecule has 0 aliphatic rings. The first-order valence-corrected chi connectivity index (χ1v) is 10.2. The standard InChI is InChI=1S/C17H15Cl2N3O3S/c1-26(23,24)22(10-12-2-6-14(18)7-3-12)11-16-20-17(21-25-16)13-4-8-15(19)9-5-13/h2-9H,10-11H2,1H3. The van der Waals surface area contributed by atoms with Crippen LogP contribution in [-0.2, 0) is 23.1 Å². The SMILES string of the molecule is CS(=O)(=O)N(Cc1ccc(Cl)cc1)Cc1nc(-c2ccc(Cl)cc2)no1. The van der Waals surface area contributed by atoms with E-state index in [9.17, 15) is 8.42 Å². The molecule has 9 heteroatoms. The summed E-state index contributed by atoms with van der Waals surface area (Å²) in [6.45, 7) is 0.150. The topological polar surface area (TPSA) is 76.3 Å². The largest absolute Gasteiger partial charge is 0.338 e. The van der Waals surface area contributed by atoms with E-state index in [0.717, 1.165) is 17.4 Å². The molecular weight excluding hydrogens is 397 g/mol. The summed E-state index contributed by atoms with van der Waals surface area (Å²) in [5.41, 5.74) is 1.53. The Balaban J connectivity index is 1.79. The lowest BCUT2D eigenvalue weighted by Crippen LogP contribution is -2.29. The number of benzene rings is 2. The molecule has 0 saturated carbocycles. The average molecular weight is 412 g/mol. The van der Waals surface area contributed by atoms with Crippen molar-refractivity contribution < 1.29 is 12.9 Å². The van der Waals surface area contributed by atoms with Crippen molar-refractivity contribution in [3.8, 4) is 11.4 Å². The minimum Gasteiger partial charge on any atom is -0.338 e. The van der Waals surface area contributed by atoms with E-state index in [-0.39, 0.29) is 19.0 Å². The van der Waals surface area contributed by atoms with E-state index < -0.39 is 10.0 Å². The lowest BCUT2D eigenvalue weighted by Gasteiger charge is -2.18. The normalized spacial score (nSPS) is 11.8. The quantitative estimate of drug-likeness (QED) is 0.612. The monoisotopic (exact) mass is 411 g/mol. The molecule has 3 aromatic rings. The van der Waals surface area contributed by atoms with E-state index in [1.165, 1.54) is 4.31 Å². The second-order valence-corrected chi connectivity index (χ2v) is 8.53. The highest BCUT2D eigenvalue weighted by molar-refractivity contribution is 7.88. The Hall–Kier alpha value is -1.93. The fourth-order valence-corrected chi connectivity index (χ4v) is 3.25. The van der Waals surface area contributed by atoms with Gasteiger partial charge in [0.25, 0.3) is 0 Å². The number of nitrogens with zero attached hydrogens (tertiary/aromatic N) is 3. The highest BCUT2D eigenvalue weighted by Crippen LogP contribution is 2.20. The molecule has 0 bridgehead atoms. The summed E-state index contributed by atoms with van der Waals surface area (Å²) in [5, 5.41) is 5.09. The van der Waals surface area contributed by atoms with Crippen LogP contribution in [0.4, 0.5) is 0 Å². The average Bonchev–Trinajstić information content (AvgIpc) is 3.05. The summed E-state index contributed by atoms with van der Waals surface area (Å²) in [4.78, 5) is 4.27. The molecule has 2 aromatic carbocycles. The predicted molar refractivity (Wildman–Crippen MR) is 100 cm³/mol.